The number of methoxy groups -OCH3 is 1. The van der Waals surface area contributed by atoms with Gasteiger partial charge in [0.2, 0.25) is 11.8 Å². The molecule has 5 heteroatoms. The molecule has 0 aromatic carbocycles. The highest BCUT2D eigenvalue weighted by Gasteiger charge is 2.11. The Balaban J connectivity index is 2.46. The fourth-order valence-electron chi connectivity index (χ4n) is 1.33. The van der Waals surface area contributed by atoms with Crippen LogP contribution in [0.2, 0.25) is 0 Å². The summed E-state index contributed by atoms with van der Waals surface area (Å²) in [5.41, 5.74) is 0.939. The fourth-order valence-corrected chi connectivity index (χ4v) is 1.33. The highest BCUT2D eigenvalue weighted by Crippen LogP contribution is 2.08. The van der Waals surface area contributed by atoms with Crippen LogP contribution in [0.25, 0.3) is 0 Å². The zero-order valence-corrected chi connectivity index (χ0v) is 10.4. The molecule has 0 saturated carbocycles. The lowest BCUT2D eigenvalue weighted by Gasteiger charge is -2.12. The maximum absolute atomic E-state index is 11.6. The molecule has 0 aliphatic rings. The zero-order valence-electron chi connectivity index (χ0n) is 10.4. The van der Waals surface area contributed by atoms with Crippen LogP contribution in [0.3, 0.4) is 0 Å². The van der Waals surface area contributed by atoms with Crippen LogP contribution in [0.15, 0.2) is 18.3 Å². The number of aromatic nitrogens is 1. The molecule has 1 unspecified atom stereocenters. The Labute approximate surface area is 101 Å². The Hall–Kier alpha value is -1.62. The smallest absolute Gasteiger partial charge is 0.249 e. The molecule has 1 heterocycles. The van der Waals surface area contributed by atoms with E-state index >= 15 is 0 Å². The average Bonchev–Trinajstić information content (AvgIpc) is 2.36. The molecule has 94 valence electrons. The van der Waals surface area contributed by atoms with Crippen LogP contribution in [0.5, 0.6) is 5.88 Å². The molecule has 0 aliphatic heterocycles. The van der Waals surface area contributed by atoms with Gasteiger partial charge in [0.25, 0.3) is 0 Å². The second-order valence-corrected chi connectivity index (χ2v) is 3.52. The van der Waals surface area contributed by atoms with E-state index < -0.39 is 6.10 Å². The summed E-state index contributed by atoms with van der Waals surface area (Å²) in [4.78, 5) is 15.6. The average molecular weight is 238 g/mol. The van der Waals surface area contributed by atoms with Crippen LogP contribution in [-0.2, 0) is 16.1 Å². The second kappa shape index (κ2) is 6.85. The van der Waals surface area contributed by atoms with Crippen LogP contribution < -0.4 is 10.1 Å². The molecule has 1 rings (SSSR count). The quantitative estimate of drug-likeness (QED) is 0.807. The number of nitrogens with one attached hydrogen (secondary N) is 1. The van der Waals surface area contributed by atoms with Gasteiger partial charge in [-0.2, -0.15) is 0 Å². The number of hydrogen-bond donors (Lipinski definition) is 1. The number of rotatable bonds is 6. The number of carbonyl (C=O) groups is 1. The number of carbonyl (C=O) groups excluding carboxylic acids is 1. The standard InChI is InChI=1S/C12H18N2O3/c1-4-17-9(2)12(15)14-8-10-5-6-13-11(7-10)16-3/h5-7,9H,4,8H2,1-3H3,(H,14,15). The topological polar surface area (TPSA) is 60.5 Å². The van der Waals surface area contributed by atoms with Gasteiger partial charge in [0, 0.05) is 25.4 Å². The van der Waals surface area contributed by atoms with Crippen LogP contribution in [-0.4, -0.2) is 30.7 Å². The lowest BCUT2D eigenvalue weighted by molar-refractivity contribution is -0.131. The lowest BCUT2D eigenvalue weighted by atomic mass is 10.2. The first kappa shape index (κ1) is 13.4. The van der Waals surface area contributed by atoms with Crippen molar-refractivity contribution in [2.45, 2.75) is 26.5 Å². The van der Waals surface area contributed by atoms with Crippen molar-refractivity contribution in [3.63, 3.8) is 0 Å². The molecule has 1 atom stereocenters. The molecule has 17 heavy (non-hydrogen) atoms. The normalized spacial score (nSPS) is 11.9. The van der Waals surface area contributed by atoms with Gasteiger partial charge in [-0.1, -0.05) is 0 Å². The van der Waals surface area contributed by atoms with Gasteiger partial charge in [-0.25, -0.2) is 4.98 Å². The van der Waals surface area contributed by atoms with Gasteiger partial charge in [-0.05, 0) is 25.5 Å². The highest BCUT2D eigenvalue weighted by molar-refractivity contribution is 5.80. The van der Waals surface area contributed by atoms with Gasteiger partial charge >= 0.3 is 0 Å². The third-order valence-corrected chi connectivity index (χ3v) is 2.26. The minimum absolute atomic E-state index is 0.123. The van der Waals surface area contributed by atoms with E-state index in [0.717, 1.165) is 5.56 Å². The lowest BCUT2D eigenvalue weighted by Crippen LogP contribution is -2.34. The molecule has 1 amide bonds. The van der Waals surface area contributed by atoms with E-state index in [0.29, 0.717) is 19.0 Å². The monoisotopic (exact) mass is 238 g/mol. The summed E-state index contributed by atoms with van der Waals surface area (Å²) in [6.45, 7) is 4.55. The zero-order chi connectivity index (χ0) is 12.7. The van der Waals surface area contributed by atoms with Crippen molar-refractivity contribution in [3.8, 4) is 5.88 Å². The SMILES string of the molecule is CCOC(C)C(=O)NCc1ccnc(OC)c1. The van der Waals surface area contributed by atoms with Gasteiger partial charge in [0.15, 0.2) is 0 Å². The van der Waals surface area contributed by atoms with Crippen LogP contribution in [0, 0.1) is 0 Å². The molecule has 1 N–H and O–H groups in total. The third kappa shape index (κ3) is 4.40. The molecule has 0 aliphatic carbocycles. The molecule has 0 fully saturated rings. The van der Waals surface area contributed by atoms with Gasteiger partial charge < -0.3 is 14.8 Å². The Morgan fingerprint density at radius 1 is 1.59 bits per heavy atom. The minimum atomic E-state index is -0.427. The van der Waals surface area contributed by atoms with Crippen molar-refractivity contribution in [2.24, 2.45) is 0 Å². The van der Waals surface area contributed by atoms with Crippen molar-refractivity contribution in [3.05, 3.63) is 23.9 Å². The molecule has 1 aromatic heterocycles. The van der Waals surface area contributed by atoms with Crippen LogP contribution in [0.1, 0.15) is 19.4 Å². The first-order valence-electron chi connectivity index (χ1n) is 5.55. The van der Waals surface area contributed by atoms with Crippen molar-refractivity contribution in [2.75, 3.05) is 13.7 Å². The first-order valence-corrected chi connectivity index (χ1v) is 5.55. The molecular weight excluding hydrogens is 220 g/mol. The summed E-state index contributed by atoms with van der Waals surface area (Å²) >= 11 is 0. The van der Waals surface area contributed by atoms with Crippen LogP contribution >= 0.6 is 0 Å². The Morgan fingerprint density at radius 3 is 3.00 bits per heavy atom. The van der Waals surface area contributed by atoms with Gasteiger partial charge in [0.05, 0.1) is 7.11 Å². The minimum Gasteiger partial charge on any atom is -0.481 e. The summed E-state index contributed by atoms with van der Waals surface area (Å²) in [5.74, 6) is 0.414. The van der Waals surface area contributed by atoms with E-state index in [4.69, 9.17) is 9.47 Å². The van der Waals surface area contributed by atoms with E-state index in [-0.39, 0.29) is 5.91 Å². The molecule has 0 radical (unpaired) electrons. The molecule has 0 bridgehead atoms. The predicted molar refractivity (Wildman–Crippen MR) is 63.7 cm³/mol. The fraction of sp³-hybridized carbons (Fsp3) is 0.500. The summed E-state index contributed by atoms with van der Waals surface area (Å²) in [7, 11) is 1.56. The molecule has 0 saturated heterocycles. The van der Waals surface area contributed by atoms with Gasteiger partial charge in [0.1, 0.15) is 6.10 Å². The number of pyridine rings is 1. The summed E-state index contributed by atoms with van der Waals surface area (Å²) in [6, 6.07) is 3.61. The maximum atomic E-state index is 11.6. The molecule has 1 aromatic rings. The molecular formula is C12H18N2O3. The van der Waals surface area contributed by atoms with Crippen molar-refractivity contribution in [1.82, 2.24) is 10.3 Å². The van der Waals surface area contributed by atoms with E-state index in [9.17, 15) is 4.79 Å². The van der Waals surface area contributed by atoms with Crippen molar-refractivity contribution >= 4 is 5.91 Å². The number of ether oxygens (including phenoxy) is 2. The third-order valence-electron chi connectivity index (χ3n) is 2.26. The van der Waals surface area contributed by atoms with E-state index in [1.807, 2.05) is 13.0 Å². The first-order chi connectivity index (χ1) is 8.17. The largest absolute Gasteiger partial charge is 0.481 e. The predicted octanol–water partition coefficient (Wildman–Crippen LogP) is 1.13. The van der Waals surface area contributed by atoms with E-state index in [2.05, 4.69) is 10.3 Å². The Bertz CT molecular complexity index is 369. The van der Waals surface area contributed by atoms with Gasteiger partial charge in [-0.3, -0.25) is 4.79 Å². The second-order valence-electron chi connectivity index (χ2n) is 3.52. The molecule has 5 nitrogen and oxygen atoms in total. The van der Waals surface area contributed by atoms with Crippen molar-refractivity contribution in [1.29, 1.82) is 0 Å². The van der Waals surface area contributed by atoms with E-state index in [1.54, 1.807) is 26.3 Å². The van der Waals surface area contributed by atoms with E-state index in [1.165, 1.54) is 0 Å². The van der Waals surface area contributed by atoms with Crippen molar-refractivity contribution < 1.29 is 14.3 Å². The maximum Gasteiger partial charge on any atom is 0.249 e. The molecule has 0 spiro atoms. The number of hydrogen-bond acceptors (Lipinski definition) is 4. The Morgan fingerprint density at radius 2 is 2.35 bits per heavy atom. The number of nitrogens with zero attached hydrogens (tertiary/aromatic N) is 1. The Kier molecular flexibility index (Phi) is 5.42. The summed E-state index contributed by atoms with van der Waals surface area (Å²) in [6.07, 6.45) is 1.22. The summed E-state index contributed by atoms with van der Waals surface area (Å²) < 4.78 is 10.2. The van der Waals surface area contributed by atoms with Crippen LogP contribution in [0.4, 0.5) is 0 Å². The number of amides is 1. The highest BCUT2D eigenvalue weighted by atomic mass is 16.5. The summed E-state index contributed by atoms with van der Waals surface area (Å²) in [5, 5.41) is 2.79. The van der Waals surface area contributed by atoms with Gasteiger partial charge in [-0.15, -0.1) is 0 Å².